The fourth-order valence-corrected chi connectivity index (χ4v) is 5.10. The van der Waals surface area contributed by atoms with E-state index in [9.17, 15) is 22.5 Å². The minimum absolute atomic E-state index is 0.0538. The topological polar surface area (TPSA) is 70.4 Å². The number of nitriles is 1. The maximum atomic E-state index is 14.2. The number of rotatable bonds is 10. The van der Waals surface area contributed by atoms with Gasteiger partial charge in [-0.25, -0.2) is 17.2 Å². The Kier molecular flexibility index (Phi) is 8.76. The number of sulfonamides is 1. The Bertz CT molecular complexity index is 1080. The quantitative estimate of drug-likeness (QED) is 0.435. The summed E-state index contributed by atoms with van der Waals surface area (Å²) in [5.74, 6) is -1.70. The molecule has 8 heteroatoms. The SMILES string of the molecule is CCC(C)C(C)CN(CC(C)C)S(=O)(=O)c1cc(C#N)ccc1Oc1cc(F)ccc1F. The van der Waals surface area contributed by atoms with Gasteiger partial charge in [-0.15, -0.1) is 0 Å². The van der Waals surface area contributed by atoms with Gasteiger partial charge >= 0.3 is 0 Å². The van der Waals surface area contributed by atoms with Crippen LogP contribution in [0.2, 0.25) is 0 Å². The zero-order valence-electron chi connectivity index (χ0n) is 19.1. The lowest BCUT2D eigenvalue weighted by Crippen LogP contribution is -2.38. The summed E-state index contributed by atoms with van der Waals surface area (Å²) in [6.07, 6.45) is 0.911. The second kappa shape index (κ2) is 10.9. The molecular formula is C24H30F2N2O3S. The van der Waals surface area contributed by atoms with Gasteiger partial charge in [0.25, 0.3) is 0 Å². The molecular weight excluding hydrogens is 434 g/mol. The summed E-state index contributed by atoms with van der Waals surface area (Å²) in [5.41, 5.74) is 0.120. The van der Waals surface area contributed by atoms with Crippen molar-refractivity contribution in [2.75, 3.05) is 13.1 Å². The van der Waals surface area contributed by atoms with E-state index in [4.69, 9.17) is 4.74 Å². The van der Waals surface area contributed by atoms with Gasteiger partial charge in [-0.1, -0.05) is 41.0 Å². The highest BCUT2D eigenvalue weighted by atomic mass is 32.2. The molecule has 0 aromatic heterocycles. The van der Waals surface area contributed by atoms with Crippen LogP contribution in [-0.2, 0) is 10.0 Å². The van der Waals surface area contributed by atoms with E-state index in [0.717, 1.165) is 24.6 Å². The lowest BCUT2D eigenvalue weighted by molar-refractivity contribution is 0.270. The molecule has 2 aromatic rings. The fraction of sp³-hybridized carbons (Fsp3) is 0.458. The van der Waals surface area contributed by atoms with Crippen molar-refractivity contribution < 1.29 is 21.9 Å². The zero-order valence-corrected chi connectivity index (χ0v) is 19.9. The predicted octanol–water partition coefficient (Wildman–Crippen LogP) is 5.96. The molecule has 0 fully saturated rings. The van der Waals surface area contributed by atoms with Crippen molar-refractivity contribution in [2.45, 2.75) is 45.9 Å². The van der Waals surface area contributed by atoms with Gasteiger partial charge in [-0.3, -0.25) is 0 Å². The lowest BCUT2D eigenvalue weighted by Gasteiger charge is -2.29. The Morgan fingerprint density at radius 1 is 1.00 bits per heavy atom. The van der Waals surface area contributed by atoms with Crippen LogP contribution in [0.15, 0.2) is 41.3 Å². The normalized spacial score (nSPS) is 13.8. The van der Waals surface area contributed by atoms with Crippen molar-refractivity contribution in [3.05, 3.63) is 53.6 Å². The molecule has 0 aliphatic heterocycles. The summed E-state index contributed by atoms with van der Waals surface area (Å²) in [5, 5.41) is 9.31. The molecule has 0 aliphatic carbocycles. The standard InChI is InChI=1S/C24H30F2N2O3S/c1-6-17(4)18(5)15-28(14-16(2)3)32(29,30)24-11-19(13-27)7-10-22(24)31-23-12-20(25)8-9-21(23)26/h7-12,16-18H,6,14-15H2,1-5H3. The molecule has 0 amide bonds. The summed E-state index contributed by atoms with van der Waals surface area (Å²) >= 11 is 0. The number of nitrogens with zero attached hydrogens (tertiary/aromatic N) is 2. The van der Waals surface area contributed by atoms with E-state index in [1.807, 2.05) is 26.8 Å². The van der Waals surface area contributed by atoms with Gasteiger partial charge in [0.15, 0.2) is 11.6 Å². The van der Waals surface area contributed by atoms with Crippen LogP contribution in [0, 0.1) is 40.7 Å². The van der Waals surface area contributed by atoms with Crippen molar-refractivity contribution in [3.63, 3.8) is 0 Å². The van der Waals surface area contributed by atoms with Gasteiger partial charge in [-0.2, -0.15) is 9.57 Å². The summed E-state index contributed by atoms with van der Waals surface area (Å²) in [6, 6.07) is 8.50. The maximum absolute atomic E-state index is 14.2. The minimum atomic E-state index is -4.10. The van der Waals surface area contributed by atoms with Crippen molar-refractivity contribution in [1.29, 1.82) is 5.26 Å². The molecule has 2 aromatic carbocycles. The Labute approximate surface area is 189 Å². The Hall–Kier alpha value is -2.50. The zero-order chi connectivity index (χ0) is 24.1. The Morgan fingerprint density at radius 2 is 1.69 bits per heavy atom. The van der Waals surface area contributed by atoms with Gasteiger partial charge in [0.2, 0.25) is 10.0 Å². The number of halogens is 2. The van der Waals surface area contributed by atoms with E-state index < -0.39 is 27.4 Å². The molecule has 0 bridgehead atoms. The molecule has 174 valence electrons. The summed E-state index contributed by atoms with van der Waals surface area (Å²) in [4.78, 5) is -0.253. The smallest absolute Gasteiger partial charge is 0.246 e. The third-order valence-corrected chi connectivity index (χ3v) is 7.33. The van der Waals surface area contributed by atoms with Crippen LogP contribution in [-0.4, -0.2) is 25.8 Å². The van der Waals surface area contributed by atoms with Crippen molar-refractivity contribution >= 4 is 10.0 Å². The summed E-state index contributed by atoms with van der Waals surface area (Å²) in [7, 11) is -4.10. The number of hydrogen-bond acceptors (Lipinski definition) is 4. The van der Waals surface area contributed by atoms with Crippen LogP contribution in [0.5, 0.6) is 11.5 Å². The van der Waals surface area contributed by atoms with E-state index >= 15 is 0 Å². The average molecular weight is 465 g/mol. The Balaban J connectivity index is 2.57. The number of benzene rings is 2. The second-order valence-corrected chi connectivity index (χ2v) is 10.4. The molecule has 0 saturated heterocycles. The highest BCUT2D eigenvalue weighted by molar-refractivity contribution is 7.89. The van der Waals surface area contributed by atoms with Crippen LogP contribution in [0.25, 0.3) is 0 Å². The van der Waals surface area contributed by atoms with E-state index in [1.54, 1.807) is 0 Å². The first-order chi connectivity index (χ1) is 15.0. The van der Waals surface area contributed by atoms with Crippen LogP contribution in [0.3, 0.4) is 0 Å². The van der Waals surface area contributed by atoms with Crippen molar-refractivity contribution in [1.82, 2.24) is 4.31 Å². The Morgan fingerprint density at radius 3 is 2.28 bits per heavy atom. The van der Waals surface area contributed by atoms with Crippen LogP contribution in [0.1, 0.15) is 46.6 Å². The number of hydrogen-bond donors (Lipinski definition) is 0. The van der Waals surface area contributed by atoms with Gasteiger partial charge < -0.3 is 4.74 Å². The molecule has 0 radical (unpaired) electrons. The largest absolute Gasteiger partial charge is 0.453 e. The van der Waals surface area contributed by atoms with E-state index in [0.29, 0.717) is 12.5 Å². The molecule has 2 rings (SSSR count). The molecule has 5 nitrogen and oxygen atoms in total. The average Bonchev–Trinajstić information content (AvgIpc) is 2.74. The summed E-state index contributed by atoms with van der Waals surface area (Å²) < 4.78 is 62.1. The van der Waals surface area contributed by atoms with Gasteiger partial charge in [0.05, 0.1) is 11.6 Å². The monoisotopic (exact) mass is 464 g/mol. The maximum Gasteiger partial charge on any atom is 0.246 e. The van der Waals surface area contributed by atoms with E-state index in [1.165, 1.54) is 22.5 Å². The lowest BCUT2D eigenvalue weighted by atomic mass is 9.93. The second-order valence-electron chi connectivity index (χ2n) is 8.53. The molecule has 0 heterocycles. The summed E-state index contributed by atoms with van der Waals surface area (Å²) in [6.45, 7) is 10.5. The first-order valence-electron chi connectivity index (χ1n) is 10.7. The molecule has 2 unspecified atom stereocenters. The van der Waals surface area contributed by atoms with Crippen LogP contribution >= 0.6 is 0 Å². The highest BCUT2D eigenvalue weighted by Gasteiger charge is 2.31. The predicted molar refractivity (Wildman–Crippen MR) is 120 cm³/mol. The molecule has 0 N–H and O–H groups in total. The van der Waals surface area contributed by atoms with Gasteiger partial charge in [0.1, 0.15) is 16.5 Å². The minimum Gasteiger partial charge on any atom is -0.453 e. The van der Waals surface area contributed by atoms with E-state index in [-0.39, 0.29) is 34.6 Å². The number of ether oxygens (including phenoxy) is 1. The first-order valence-corrected chi connectivity index (χ1v) is 12.1. The van der Waals surface area contributed by atoms with Crippen LogP contribution in [0.4, 0.5) is 8.78 Å². The van der Waals surface area contributed by atoms with Crippen molar-refractivity contribution in [3.8, 4) is 17.6 Å². The molecule has 32 heavy (non-hydrogen) atoms. The first kappa shape index (κ1) is 25.8. The van der Waals surface area contributed by atoms with Gasteiger partial charge in [0, 0.05) is 19.2 Å². The molecule has 0 saturated carbocycles. The third kappa shape index (κ3) is 6.27. The third-order valence-electron chi connectivity index (χ3n) is 5.48. The van der Waals surface area contributed by atoms with Crippen LogP contribution < -0.4 is 4.74 Å². The highest BCUT2D eigenvalue weighted by Crippen LogP contribution is 2.34. The molecule has 0 aliphatic rings. The molecule has 2 atom stereocenters. The fourth-order valence-electron chi connectivity index (χ4n) is 3.26. The van der Waals surface area contributed by atoms with Crippen molar-refractivity contribution in [2.24, 2.45) is 17.8 Å². The van der Waals surface area contributed by atoms with E-state index in [2.05, 4.69) is 13.8 Å². The van der Waals surface area contributed by atoms with Gasteiger partial charge in [-0.05, 0) is 48.1 Å². The molecule has 0 spiro atoms.